The molecule has 3 aromatic rings. The number of carbonyl (C=O) groups excluding carboxylic acids is 1. The van der Waals surface area contributed by atoms with Gasteiger partial charge in [0.25, 0.3) is 0 Å². The molecule has 2 aromatic carbocycles. The van der Waals surface area contributed by atoms with Gasteiger partial charge in [0.2, 0.25) is 0 Å². The van der Waals surface area contributed by atoms with Crippen LogP contribution < -0.4 is 0 Å². The van der Waals surface area contributed by atoms with E-state index in [4.69, 9.17) is 16.3 Å². The lowest BCUT2D eigenvalue weighted by atomic mass is 9.95. The second kappa shape index (κ2) is 11.9. The van der Waals surface area contributed by atoms with Gasteiger partial charge in [0.1, 0.15) is 12.1 Å². The summed E-state index contributed by atoms with van der Waals surface area (Å²) in [5.74, 6) is -0.273. The lowest BCUT2D eigenvalue weighted by molar-refractivity contribution is 0.0738. The van der Waals surface area contributed by atoms with Crippen molar-refractivity contribution < 1.29 is 22.3 Å². The molecule has 5 rings (SSSR count). The Hall–Kier alpha value is -1.85. The first-order chi connectivity index (χ1) is 18.6. The normalized spacial score (nSPS) is 18.3. The number of ether oxygens (including phenoxy) is 1. The number of nitrogens with zero attached hydrogens (tertiary/aromatic N) is 3. The quantitative estimate of drug-likeness (QED) is 0.250. The van der Waals surface area contributed by atoms with Gasteiger partial charge in [-0.2, -0.15) is 0 Å². The summed E-state index contributed by atoms with van der Waals surface area (Å²) in [6, 6.07) is 7.14. The molecule has 39 heavy (non-hydrogen) atoms. The molecule has 2 fully saturated rings. The maximum absolute atomic E-state index is 16.0. The Labute approximate surface area is 241 Å². The highest BCUT2D eigenvalue weighted by Gasteiger charge is 2.30. The number of likely N-dealkylation sites (tertiary alicyclic amines) is 1. The van der Waals surface area contributed by atoms with E-state index in [0.29, 0.717) is 48.1 Å². The van der Waals surface area contributed by atoms with Crippen LogP contribution in [-0.4, -0.2) is 73.0 Å². The first-order valence-corrected chi connectivity index (χ1v) is 16.3. The third-order valence-electron chi connectivity index (χ3n) is 7.63. The van der Waals surface area contributed by atoms with Crippen LogP contribution >= 0.6 is 27.5 Å². The van der Waals surface area contributed by atoms with Gasteiger partial charge in [0.05, 0.1) is 23.7 Å². The number of carbonyl (C=O) groups is 1. The number of hydrogen-bond acceptors (Lipinski definition) is 6. The largest absolute Gasteiger partial charge is 0.373 e. The van der Waals surface area contributed by atoms with Crippen molar-refractivity contribution in [2.45, 2.75) is 43.9 Å². The number of hydrogen-bond donors (Lipinski definition) is 0. The lowest BCUT2D eigenvalue weighted by Gasteiger charge is -2.16. The molecular weight excluding hydrogens is 609 g/mol. The van der Waals surface area contributed by atoms with Crippen molar-refractivity contribution in [2.75, 3.05) is 39.1 Å². The van der Waals surface area contributed by atoms with Gasteiger partial charge in [-0.3, -0.25) is 4.79 Å². The van der Waals surface area contributed by atoms with E-state index in [1.807, 2.05) is 16.7 Å². The van der Waals surface area contributed by atoms with Gasteiger partial charge in [-0.25, -0.2) is 17.8 Å². The van der Waals surface area contributed by atoms with Gasteiger partial charge in [0, 0.05) is 46.4 Å². The smallest absolute Gasteiger partial charge is 0.188 e. The van der Waals surface area contributed by atoms with Crippen molar-refractivity contribution in [3.05, 3.63) is 62.6 Å². The highest BCUT2D eigenvalue weighted by atomic mass is 79.9. The molecule has 1 unspecified atom stereocenters. The van der Waals surface area contributed by atoms with E-state index in [1.165, 1.54) is 6.26 Å². The van der Waals surface area contributed by atoms with E-state index in [2.05, 4.69) is 25.8 Å². The standard InChI is InChI=1S/C28H32BrClFN3O4S/c1-39(36,37)21-7-10-33(14-21)8-2-9-34-17-32-28-25(34)13-22(26(35)16-38-15-18-3-4-18)23(27(28)31)11-19-5-6-20(29)12-24(19)30/h5-6,12-13,17-18,21H,2-4,7-11,14-16H2,1H3. The predicted octanol–water partition coefficient (Wildman–Crippen LogP) is 5.30. The van der Waals surface area contributed by atoms with Gasteiger partial charge in [0.15, 0.2) is 21.4 Å². The molecule has 0 N–H and O–H groups in total. The number of benzene rings is 2. The van der Waals surface area contributed by atoms with E-state index in [9.17, 15) is 13.2 Å². The van der Waals surface area contributed by atoms with Gasteiger partial charge in [-0.1, -0.05) is 33.6 Å². The number of aromatic nitrogens is 2. The van der Waals surface area contributed by atoms with Crippen LogP contribution in [0, 0.1) is 11.7 Å². The fourth-order valence-corrected chi connectivity index (χ4v) is 6.90. The molecule has 7 nitrogen and oxygen atoms in total. The third-order valence-corrected chi connectivity index (χ3v) is 10.1. The molecule has 11 heteroatoms. The molecule has 2 heterocycles. The molecule has 1 saturated carbocycles. The summed E-state index contributed by atoms with van der Waals surface area (Å²) in [6.07, 6.45) is 6.68. The topological polar surface area (TPSA) is 81.5 Å². The fourth-order valence-electron chi connectivity index (χ4n) is 5.15. The molecule has 1 aromatic heterocycles. The minimum atomic E-state index is -3.04. The van der Waals surface area contributed by atoms with Gasteiger partial charge < -0.3 is 14.2 Å². The molecular formula is C28H32BrClFN3O4S. The molecule has 2 aliphatic rings. The molecule has 1 atom stereocenters. The zero-order valence-electron chi connectivity index (χ0n) is 21.8. The van der Waals surface area contributed by atoms with Crippen LogP contribution in [-0.2, 0) is 27.5 Å². The lowest BCUT2D eigenvalue weighted by Crippen LogP contribution is -2.27. The highest BCUT2D eigenvalue weighted by Crippen LogP contribution is 2.31. The molecule has 1 saturated heterocycles. The molecule has 1 aliphatic carbocycles. The molecule has 1 aliphatic heterocycles. The zero-order chi connectivity index (χ0) is 27.7. The van der Waals surface area contributed by atoms with Gasteiger partial charge >= 0.3 is 0 Å². The Morgan fingerprint density at radius 2 is 2.03 bits per heavy atom. The van der Waals surface area contributed by atoms with Crippen molar-refractivity contribution in [1.29, 1.82) is 0 Å². The summed E-state index contributed by atoms with van der Waals surface area (Å²) in [5.41, 5.74) is 2.03. The molecule has 0 amide bonds. The maximum atomic E-state index is 16.0. The Bertz CT molecular complexity index is 1490. The third kappa shape index (κ3) is 6.90. The van der Waals surface area contributed by atoms with Crippen LogP contribution in [0.4, 0.5) is 4.39 Å². The minimum Gasteiger partial charge on any atom is -0.373 e. The Morgan fingerprint density at radius 3 is 2.72 bits per heavy atom. The number of ketones is 1. The van der Waals surface area contributed by atoms with Crippen molar-refractivity contribution in [1.82, 2.24) is 14.5 Å². The summed E-state index contributed by atoms with van der Waals surface area (Å²) < 4.78 is 48.1. The average Bonchev–Trinajstić information content (AvgIpc) is 3.40. The van der Waals surface area contributed by atoms with E-state index in [1.54, 1.807) is 18.5 Å². The molecule has 0 spiro atoms. The second-order valence-electron chi connectivity index (χ2n) is 10.7. The Balaban J connectivity index is 1.38. The average molecular weight is 641 g/mol. The summed E-state index contributed by atoms with van der Waals surface area (Å²) in [5, 5.41) is 0.173. The van der Waals surface area contributed by atoms with Crippen LogP contribution in [0.2, 0.25) is 5.02 Å². The van der Waals surface area contributed by atoms with Crippen molar-refractivity contribution in [3.63, 3.8) is 0 Å². The van der Waals surface area contributed by atoms with E-state index < -0.39 is 15.7 Å². The molecule has 210 valence electrons. The summed E-state index contributed by atoms with van der Waals surface area (Å²) in [6.45, 7) is 3.03. The second-order valence-corrected chi connectivity index (χ2v) is 14.4. The van der Waals surface area contributed by atoms with E-state index in [0.717, 1.165) is 36.8 Å². The van der Waals surface area contributed by atoms with Crippen molar-refractivity contribution in [2.24, 2.45) is 5.92 Å². The van der Waals surface area contributed by atoms with E-state index in [-0.39, 0.29) is 40.7 Å². The van der Waals surface area contributed by atoms with E-state index >= 15 is 4.39 Å². The summed E-state index contributed by atoms with van der Waals surface area (Å²) in [7, 11) is -3.04. The van der Waals surface area contributed by atoms with Crippen LogP contribution in [0.5, 0.6) is 0 Å². The van der Waals surface area contributed by atoms with Crippen LogP contribution in [0.15, 0.2) is 35.1 Å². The van der Waals surface area contributed by atoms with Crippen LogP contribution in [0.25, 0.3) is 11.0 Å². The molecule has 0 radical (unpaired) electrons. The first kappa shape index (κ1) is 28.7. The fraction of sp³-hybridized carbons (Fsp3) is 0.500. The SMILES string of the molecule is CS(=O)(=O)C1CCN(CCCn2cnc3c(F)c(Cc4ccc(Br)cc4Cl)c(C(=O)COCC4CC4)cc32)C1. The highest BCUT2D eigenvalue weighted by molar-refractivity contribution is 9.10. The first-order valence-electron chi connectivity index (χ1n) is 13.2. The van der Waals surface area contributed by atoms with Gasteiger partial charge in [-0.05, 0) is 68.5 Å². The number of fused-ring (bicyclic) bond motifs is 1. The number of imidazole rings is 1. The number of sulfone groups is 1. The Morgan fingerprint density at radius 1 is 1.23 bits per heavy atom. The minimum absolute atomic E-state index is 0.104. The summed E-state index contributed by atoms with van der Waals surface area (Å²) in [4.78, 5) is 19.8. The predicted molar refractivity (Wildman–Crippen MR) is 154 cm³/mol. The van der Waals surface area contributed by atoms with Gasteiger partial charge in [-0.15, -0.1) is 0 Å². The van der Waals surface area contributed by atoms with Crippen molar-refractivity contribution in [3.8, 4) is 0 Å². The number of halogens is 3. The number of aryl methyl sites for hydroxylation is 1. The number of Topliss-reactive ketones (excluding diaryl/α,β-unsaturated/α-hetero) is 1. The van der Waals surface area contributed by atoms with Crippen molar-refractivity contribution >= 4 is 54.2 Å². The monoisotopic (exact) mass is 639 g/mol. The Kier molecular flexibility index (Phi) is 8.78. The zero-order valence-corrected chi connectivity index (χ0v) is 25.0. The van der Waals surface area contributed by atoms with Crippen LogP contribution in [0.1, 0.15) is 47.2 Å². The number of rotatable bonds is 12. The van der Waals surface area contributed by atoms with Crippen LogP contribution in [0.3, 0.4) is 0 Å². The maximum Gasteiger partial charge on any atom is 0.188 e. The molecule has 0 bridgehead atoms. The summed E-state index contributed by atoms with van der Waals surface area (Å²) >= 11 is 9.83.